The summed E-state index contributed by atoms with van der Waals surface area (Å²) in [7, 11) is 3.58. The molecule has 0 radical (unpaired) electrons. The lowest BCUT2D eigenvalue weighted by molar-refractivity contribution is -0.136. The van der Waals surface area contributed by atoms with Crippen molar-refractivity contribution in [2.24, 2.45) is 7.05 Å². The van der Waals surface area contributed by atoms with Gasteiger partial charge >= 0.3 is 5.97 Å². The Balaban J connectivity index is 1.51. The maximum Gasteiger partial charge on any atom is 0.303 e. The summed E-state index contributed by atoms with van der Waals surface area (Å²) in [4.78, 5) is 15.8. The van der Waals surface area contributed by atoms with E-state index in [1.54, 1.807) is 19.3 Å². The lowest BCUT2D eigenvalue weighted by Crippen LogP contribution is -2.05. The third kappa shape index (κ3) is 5.81. The summed E-state index contributed by atoms with van der Waals surface area (Å²) in [5, 5.41) is 9.12. The molecule has 0 aliphatic rings. The lowest BCUT2D eigenvalue weighted by atomic mass is 10.1. The van der Waals surface area contributed by atoms with Crippen molar-refractivity contribution in [3.8, 4) is 17.2 Å². The second kappa shape index (κ2) is 10.8. The summed E-state index contributed by atoms with van der Waals surface area (Å²) in [5.41, 5.74) is 4.67. The number of rotatable bonds is 11. The smallest absolute Gasteiger partial charge is 0.303 e. The predicted molar refractivity (Wildman–Crippen MR) is 135 cm³/mol. The molecular weight excluding hydrogens is 444 g/mol. The van der Waals surface area contributed by atoms with E-state index in [1.165, 1.54) is 0 Å². The van der Waals surface area contributed by atoms with E-state index in [0.717, 1.165) is 39.3 Å². The van der Waals surface area contributed by atoms with E-state index in [9.17, 15) is 4.79 Å². The number of methoxy groups -OCH3 is 1. The highest BCUT2D eigenvalue weighted by Crippen LogP contribution is 2.28. The van der Waals surface area contributed by atoms with E-state index >= 15 is 0 Å². The minimum atomic E-state index is -0.852. The van der Waals surface area contributed by atoms with Crippen molar-refractivity contribution in [1.29, 1.82) is 0 Å². The fraction of sp³-hybridized carbons (Fsp3) is 0.214. The quantitative estimate of drug-likeness (QED) is 0.315. The zero-order chi connectivity index (χ0) is 24.8. The first-order chi connectivity index (χ1) is 17.0. The molecule has 3 aromatic carbocycles. The zero-order valence-corrected chi connectivity index (χ0v) is 19.9. The number of benzene rings is 3. The summed E-state index contributed by atoms with van der Waals surface area (Å²) in [6.45, 7) is 4.39. The summed E-state index contributed by atoms with van der Waals surface area (Å²) in [5.74, 6) is 1.91. The van der Waals surface area contributed by atoms with Gasteiger partial charge in [-0.1, -0.05) is 43.0 Å². The third-order valence-corrected chi connectivity index (χ3v) is 5.81. The van der Waals surface area contributed by atoms with Crippen molar-refractivity contribution in [2.45, 2.75) is 26.1 Å². The Labute approximate surface area is 204 Å². The molecule has 0 amide bonds. The number of aliphatic carboxylic acids is 1. The molecule has 0 saturated heterocycles. The van der Waals surface area contributed by atoms with Gasteiger partial charge in [0.25, 0.3) is 0 Å². The van der Waals surface area contributed by atoms with Crippen LogP contribution in [0, 0.1) is 0 Å². The summed E-state index contributed by atoms with van der Waals surface area (Å²) in [6, 6.07) is 19.1. The van der Waals surface area contributed by atoms with Crippen LogP contribution in [0.1, 0.15) is 28.9 Å². The molecule has 0 fully saturated rings. The van der Waals surface area contributed by atoms with E-state index in [2.05, 4.69) is 11.6 Å². The highest BCUT2D eigenvalue weighted by atomic mass is 16.5. The van der Waals surface area contributed by atoms with E-state index in [-0.39, 0.29) is 13.0 Å². The molecule has 0 aliphatic heterocycles. The molecule has 0 bridgehead atoms. The molecule has 1 heterocycles. The van der Waals surface area contributed by atoms with Gasteiger partial charge in [-0.05, 0) is 41.3 Å². The first-order valence-corrected chi connectivity index (χ1v) is 11.3. The topological polar surface area (TPSA) is 82.8 Å². The molecular formula is C28H28N2O5. The van der Waals surface area contributed by atoms with Gasteiger partial charge in [0.1, 0.15) is 36.3 Å². The van der Waals surface area contributed by atoms with Crippen LogP contribution in [0.15, 0.2) is 67.2 Å². The Hall–Kier alpha value is -4.26. The van der Waals surface area contributed by atoms with E-state index in [4.69, 9.17) is 19.3 Å². The van der Waals surface area contributed by atoms with Gasteiger partial charge in [-0.2, -0.15) is 0 Å². The van der Waals surface area contributed by atoms with Gasteiger partial charge in [0.2, 0.25) is 0 Å². The zero-order valence-electron chi connectivity index (χ0n) is 19.9. The summed E-state index contributed by atoms with van der Waals surface area (Å²) in [6.07, 6.45) is 2.18. The van der Waals surface area contributed by atoms with Crippen molar-refractivity contribution >= 4 is 23.1 Å². The molecule has 0 spiro atoms. The monoisotopic (exact) mass is 472 g/mol. The minimum Gasteiger partial charge on any atom is -0.497 e. The van der Waals surface area contributed by atoms with Crippen molar-refractivity contribution in [3.63, 3.8) is 0 Å². The molecule has 1 N–H and O–H groups in total. The van der Waals surface area contributed by atoms with Crippen LogP contribution in [0.5, 0.6) is 17.2 Å². The minimum absolute atomic E-state index is 0.0217. The SMILES string of the molecule is C=Cc1ccc(COc2cc(OCc3nc4ccc(OC)cc4n3C)ccc2CCC(=O)O)cc1. The van der Waals surface area contributed by atoms with E-state index in [1.807, 2.05) is 66.2 Å². The Morgan fingerprint density at radius 3 is 2.51 bits per heavy atom. The fourth-order valence-corrected chi connectivity index (χ4v) is 3.74. The largest absolute Gasteiger partial charge is 0.497 e. The van der Waals surface area contributed by atoms with Crippen LogP contribution in [-0.2, 0) is 31.5 Å². The van der Waals surface area contributed by atoms with Gasteiger partial charge in [-0.3, -0.25) is 4.79 Å². The second-order valence-electron chi connectivity index (χ2n) is 8.13. The van der Waals surface area contributed by atoms with Crippen LogP contribution in [0.4, 0.5) is 0 Å². The Morgan fingerprint density at radius 2 is 1.80 bits per heavy atom. The number of imidazole rings is 1. The first kappa shape index (κ1) is 23.9. The van der Waals surface area contributed by atoms with Crippen molar-refractivity contribution in [2.75, 3.05) is 7.11 Å². The predicted octanol–water partition coefficient (Wildman–Crippen LogP) is 5.40. The van der Waals surface area contributed by atoms with Gasteiger partial charge in [-0.15, -0.1) is 0 Å². The highest BCUT2D eigenvalue weighted by molar-refractivity contribution is 5.77. The number of fused-ring (bicyclic) bond motifs is 1. The average Bonchev–Trinajstić information content (AvgIpc) is 3.20. The van der Waals surface area contributed by atoms with Gasteiger partial charge in [0, 0.05) is 25.6 Å². The van der Waals surface area contributed by atoms with Crippen LogP contribution in [0.25, 0.3) is 17.1 Å². The maximum atomic E-state index is 11.1. The van der Waals surface area contributed by atoms with Crippen LogP contribution in [0.2, 0.25) is 0 Å². The molecule has 180 valence electrons. The molecule has 4 rings (SSSR count). The highest BCUT2D eigenvalue weighted by Gasteiger charge is 2.12. The number of carbonyl (C=O) groups is 1. The second-order valence-corrected chi connectivity index (χ2v) is 8.13. The molecule has 1 aromatic heterocycles. The van der Waals surface area contributed by atoms with Gasteiger partial charge in [0.15, 0.2) is 0 Å². The molecule has 0 aliphatic carbocycles. The average molecular weight is 473 g/mol. The molecule has 7 heteroatoms. The number of aromatic nitrogens is 2. The molecule has 0 unspecified atom stereocenters. The van der Waals surface area contributed by atoms with Gasteiger partial charge in [-0.25, -0.2) is 4.98 Å². The fourth-order valence-electron chi connectivity index (χ4n) is 3.74. The Bertz CT molecular complexity index is 1340. The van der Waals surface area contributed by atoms with Crippen LogP contribution < -0.4 is 14.2 Å². The number of carboxylic acid groups (broad SMARTS) is 1. The van der Waals surface area contributed by atoms with Crippen molar-refractivity contribution in [3.05, 3.63) is 89.8 Å². The Kier molecular flexibility index (Phi) is 7.35. The molecule has 0 atom stereocenters. The van der Waals surface area contributed by atoms with Gasteiger partial charge < -0.3 is 23.9 Å². The summed E-state index contributed by atoms with van der Waals surface area (Å²) < 4.78 is 19.4. The van der Waals surface area contributed by atoms with Crippen LogP contribution in [-0.4, -0.2) is 27.7 Å². The number of aryl methyl sites for hydroxylation is 2. The molecule has 7 nitrogen and oxygen atoms in total. The normalized spacial score (nSPS) is 10.8. The van der Waals surface area contributed by atoms with Crippen LogP contribution >= 0.6 is 0 Å². The summed E-state index contributed by atoms with van der Waals surface area (Å²) >= 11 is 0. The number of carboxylic acids is 1. The number of hydrogen-bond donors (Lipinski definition) is 1. The first-order valence-electron chi connectivity index (χ1n) is 11.3. The van der Waals surface area contributed by atoms with Crippen LogP contribution in [0.3, 0.4) is 0 Å². The van der Waals surface area contributed by atoms with Gasteiger partial charge in [0.05, 0.1) is 18.1 Å². The number of nitrogens with zero attached hydrogens (tertiary/aromatic N) is 2. The third-order valence-electron chi connectivity index (χ3n) is 5.81. The molecule has 35 heavy (non-hydrogen) atoms. The Morgan fingerprint density at radius 1 is 1.03 bits per heavy atom. The van der Waals surface area contributed by atoms with Crippen molar-refractivity contribution < 1.29 is 24.1 Å². The van der Waals surface area contributed by atoms with E-state index < -0.39 is 5.97 Å². The lowest BCUT2D eigenvalue weighted by Gasteiger charge is -2.14. The standard InChI is InChI=1S/C28H28N2O5/c1-4-19-5-7-20(8-6-19)17-35-26-16-23(11-9-21(26)10-14-28(31)32)34-18-27-29-24-13-12-22(33-3)15-25(24)30(27)2/h4-9,11-13,15-16H,1,10,14,17-18H2,2-3H3,(H,31,32). The number of hydrogen-bond acceptors (Lipinski definition) is 5. The number of ether oxygens (including phenoxy) is 3. The van der Waals surface area contributed by atoms with E-state index in [0.29, 0.717) is 24.5 Å². The molecule has 0 saturated carbocycles. The van der Waals surface area contributed by atoms with Crippen molar-refractivity contribution in [1.82, 2.24) is 9.55 Å². The molecule has 4 aromatic rings. The maximum absolute atomic E-state index is 11.1.